The molecule has 3 rings (SSSR count). The van der Waals surface area contributed by atoms with Crippen LogP contribution in [0.25, 0.3) is 10.1 Å². The van der Waals surface area contributed by atoms with Crippen LogP contribution in [-0.2, 0) is 11.2 Å². The lowest BCUT2D eigenvalue weighted by atomic mass is 9.79. The van der Waals surface area contributed by atoms with E-state index in [2.05, 4.69) is 43.5 Å². The number of thiophene rings is 1. The summed E-state index contributed by atoms with van der Waals surface area (Å²) in [5.74, 6) is 0.282. The van der Waals surface area contributed by atoms with E-state index in [0.717, 1.165) is 32.4 Å². The number of aryl methyl sites for hydroxylation is 1. The van der Waals surface area contributed by atoms with Crippen molar-refractivity contribution in [3.05, 3.63) is 35.2 Å². The molecule has 5 heteroatoms. The number of carbonyl (C=O) groups excluding carboxylic acids is 1. The van der Waals surface area contributed by atoms with Crippen molar-refractivity contribution < 1.29 is 4.79 Å². The Morgan fingerprint density at radius 3 is 2.88 bits per heavy atom. The van der Waals surface area contributed by atoms with Gasteiger partial charge in [-0.25, -0.2) is 0 Å². The van der Waals surface area contributed by atoms with E-state index in [9.17, 15) is 4.79 Å². The average Bonchev–Trinajstić information content (AvgIpc) is 2.93. The first kappa shape index (κ1) is 19.2. The molecule has 2 heterocycles. The van der Waals surface area contributed by atoms with Crippen molar-refractivity contribution >= 4 is 39.7 Å². The molecule has 1 aliphatic heterocycles. The predicted octanol–water partition coefficient (Wildman–Crippen LogP) is 4.23. The van der Waals surface area contributed by atoms with Crippen LogP contribution in [0.5, 0.6) is 0 Å². The van der Waals surface area contributed by atoms with Crippen LogP contribution < -0.4 is 5.73 Å². The van der Waals surface area contributed by atoms with Crippen LogP contribution >= 0.6 is 23.7 Å². The lowest BCUT2D eigenvalue weighted by molar-refractivity contribution is -0.134. The van der Waals surface area contributed by atoms with E-state index in [4.69, 9.17) is 5.73 Å². The molecule has 132 valence electrons. The maximum Gasteiger partial charge on any atom is 0.222 e. The fourth-order valence-electron chi connectivity index (χ4n) is 3.40. The van der Waals surface area contributed by atoms with Gasteiger partial charge >= 0.3 is 0 Å². The van der Waals surface area contributed by atoms with Crippen molar-refractivity contribution in [2.45, 2.75) is 45.6 Å². The molecule has 2 N–H and O–H groups in total. The van der Waals surface area contributed by atoms with E-state index in [1.54, 1.807) is 11.3 Å². The van der Waals surface area contributed by atoms with E-state index >= 15 is 0 Å². The Morgan fingerprint density at radius 1 is 1.38 bits per heavy atom. The third-order valence-corrected chi connectivity index (χ3v) is 6.08. The Labute approximate surface area is 154 Å². The Hall–Kier alpha value is -1.10. The maximum atomic E-state index is 12.5. The van der Waals surface area contributed by atoms with Crippen molar-refractivity contribution in [1.82, 2.24) is 4.90 Å². The summed E-state index contributed by atoms with van der Waals surface area (Å²) >= 11 is 1.79. The highest BCUT2D eigenvalue weighted by Crippen LogP contribution is 2.29. The smallest absolute Gasteiger partial charge is 0.222 e. The molecule has 1 aromatic heterocycles. The minimum absolute atomic E-state index is 0. The molecule has 0 bridgehead atoms. The Morgan fingerprint density at radius 2 is 2.12 bits per heavy atom. The third-order valence-electron chi connectivity index (χ3n) is 5.06. The van der Waals surface area contributed by atoms with Gasteiger partial charge in [0.1, 0.15) is 0 Å². The number of nitrogens with zero attached hydrogens (tertiary/aromatic N) is 1. The monoisotopic (exact) mass is 366 g/mol. The van der Waals surface area contributed by atoms with Crippen molar-refractivity contribution in [2.75, 3.05) is 13.1 Å². The number of carbonyl (C=O) groups is 1. The second kappa shape index (κ2) is 7.85. The molecule has 1 amide bonds. The quantitative estimate of drug-likeness (QED) is 0.879. The van der Waals surface area contributed by atoms with E-state index in [0.29, 0.717) is 6.42 Å². The molecular weight excluding hydrogens is 340 g/mol. The van der Waals surface area contributed by atoms with Crippen molar-refractivity contribution in [3.63, 3.8) is 0 Å². The summed E-state index contributed by atoms with van der Waals surface area (Å²) in [5, 5.41) is 3.58. The van der Waals surface area contributed by atoms with Gasteiger partial charge in [-0.05, 0) is 47.1 Å². The molecule has 24 heavy (non-hydrogen) atoms. The number of likely N-dealkylation sites (tertiary alicyclic amines) is 1. The van der Waals surface area contributed by atoms with E-state index < -0.39 is 0 Å². The zero-order valence-electron chi connectivity index (χ0n) is 14.5. The van der Waals surface area contributed by atoms with Crippen molar-refractivity contribution in [1.29, 1.82) is 0 Å². The Bertz CT molecular complexity index is 697. The van der Waals surface area contributed by atoms with Crippen LogP contribution in [0.2, 0.25) is 0 Å². The molecule has 1 saturated heterocycles. The number of piperidine rings is 1. The van der Waals surface area contributed by atoms with Gasteiger partial charge in [0.2, 0.25) is 5.91 Å². The van der Waals surface area contributed by atoms with E-state index in [1.807, 2.05) is 4.90 Å². The molecule has 0 saturated carbocycles. The van der Waals surface area contributed by atoms with Crippen LogP contribution in [0.15, 0.2) is 29.6 Å². The molecule has 0 radical (unpaired) electrons. The number of rotatable bonds is 4. The Balaban J connectivity index is 0.00000208. The fourth-order valence-corrected chi connectivity index (χ4v) is 4.40. The minimum Gasteiger partial charge on any atom is -0.342 e. The standard InChI is InChI=1S/C19H26N2OS.ClH/c1-19(2)13-21(11-10-17(19)20)18(22)9-5-6-14-12-23-16-8-4-3-7-15(14)16;/h3-4,7-8,12,17H,5-6,9-11,13,20H2,1-2H3;1H. The largest absolute Gasteiger partial charge is 0.342 e. The van der Waals surface area contributed by atoms with Gasteiger partial charge < -0.3 is 10.6 Å². The zero-order valence-corrected chi connectivity index (χ0v) is 16.1. The summed E-state index contributed by atoms with van der Waals surface area (Å²) in [6.07, 6.45) is 3.44. The van der Waals surface area contributed by atoms with Gasteiger partial charge in [-0.2, -0.15) is 0 Å². The summed E-state index contributed by atoms with van der Waals surface area (Å²) in [5.41, 5.74) is 7.55. The average molecular weight is 367 g/mol. The van der Waals surface area contributed by atoms with Crippen molar-refractivity contribution in [2.24, 2.45) is 11.1 Å². The molecule has 2 aromatic rings. The van der Waals surface area contributed by atoms with Gasteiger partial charge in [0.05, 0.1) is 0 Å². The first-order valence-electron chi connectivity index (χ1n) is 8.46. The van der Waals surface area contributed by atoms with Crippen molar-refractivity contribution in [3.8, 4) is 0 Å². The minimum atomic E-state index is 0. The molecule has 0 aliphatic carbocycles. The lowest BCUT2D eigenvalue weighted by Crippen LogP contribution is -2.53. The summed E-state index contributed by atoms with van der Waals surface area (Å²) in [7, 11) is 0. The molecule has 1 unspecified atom stereocenters. The number of hydrogen-bond donors (Lipinski definition) is 1. The molecule has 1 atom stereocenters. The zero-order chi connectivity index (χ0) is 16.4. The summed E-state index contributed by atoms with van der Waals surface area (Å²) in [4.78, 5) is 14.5. The summed E-state index contributed by atoms with van der Waals surface area (Å²) < 4.78 is 1.33. The number of halogens is 1. The number of hydrogen-bond acceptors (Lipinski definition) is 3. The molecular formula is C19H27ClN2OS. The number of fused-ring (bicyclic) bond motifs is 1. The maximum absolute atomic E-state index is 12.5. The molecule has 3 nitrogen and oxygen atoms in total. The molecule has 1 aromatic carbocycles. The Kier molecular flexibility index (Phi) is 6.29. The highest BCUT2D eigenvalue weighted by molar-refractivity contribution is 7.17. The van der Waals surface area contributed by atoms with Gasteiger partial charge in [0.25, 0.3) is 0 Å². The first-order valence-corrected chi connectivity index (χ1v) is 9.34. The SMILES string of the molecule is CC1(C)CN(C(=O)CCCc2csc3ccccc23)CCC1N.Cl. The van der Waals surface area contributed by atoms with Crippen LogP contribution in [0, 0.1) is 5.41 Å². The van der Waals surface area contributed by atoms with Gasteiger partial charge in [-0.15, -0.1) is 23.7 Å². The van der Waals surface area contributed by atoms with Gasteiger partial charge in [-0.1, -0.05) is 32.0 Å². The molecule has 1 fully saturated rings. The topological polar surface area (TPSA) is 46.3 Å². The first-order chi connectivity index (χ1) is 11.0. The number of benzene rings is 1. The normalized spacial score (nSPS) is 20.0. The van der Waals surface area contributed by atoms with E-state index in [-0.39, 0.29) is 29.8 Å². The van der Waals surface area contributed by atoms with Gasteiger partial charge in [0.15, 0.2) is 0 Å². The number of nitrogens with two attached hydrogens (primary N) is 1. The van der Waals surface area contributed by atoms with Crippen LogP contribution in [0.4, 0.5) is 0 Å². The summed E-state index contributed by atoms with van der Waals surface area (Å²) in [6, 6.07) is 8.70. The predicted molar refractivity (Wildman–Crippen MR) is 105 cm³/mol. The highest BCUT2D eigenvalue weighted by atomic mass is 35.5. The summed E-state index contributed by atoms with van der Waals surface area (Å²) in [6.45, 7) is 5.92. The fraction of sp³-hybridized carbons (Fsp3) is 0.526. The van der Waals surface area contributed by atoms with Gasteiger partial charge in [0, 0.05) is 30.3 Å². The second-order valence-corrected chi connectivity index (χ2v) is 8.22. The highest BCUT2D eigenvalue weighted by Gasteiger charge is 2.34. The van der Waals surface area contributed by atoms with Crippen LogP contribution in [0.3, 0.4) is 0 Å². The molecule has 1 aliphatic rings. The van der Waals surface area contributed by atoms with Crippen LogP contribution in [0.1, 0.15) is 38.7 Å². The third kappa shape index (κ3) is 4.11. The van der Waals surface area contributed by atoms with Crippen LogP contribution in [-0.4, -0.2) is 29.9 Å². The molecule has 0 spiro atoms. The second-order valence-electron chi connectivity index (χ2n) is 7.31. The van der Waals surface area contributed by atoms with E-state index in [1.165, 1.54) is 15.6 Å². The lowest BCUT2D eigenvalue weighted by Gasteiger charge is -2.42. The van der Waals surface area contributed by atoms with Gasteiger partial charge in [-0.3, -0.25) is 4.79 Å². The number of amides is 1.